The quantitative estimate of drug-likeness (QED) is 0.259. The lowest BCUT2D eigenvalue weighted by molar-refractivity contribution is 0.0391. The molecule has 0 atom stereocenters. The number of carbonyl (C=O) groups excluding carboxylic acids is 3. The van der Waals surface area contributed by atoms with E-state index in [2.05, 4.69) is 42.0 Å². The summed E-state index contributed by atoms with van der Waals surface area (Å²) in [5.74, 6) is -1.44. The van der Waals surface area contributed by atoms with Gasteiger partial charge < -0.3 is 4.74 Å². The highest BCUT2D eigenvalue weighted by atomic mass is 128. The Kier molecular flexibility index (Phi) is 4.74. The summed E-state index contributed by atoms with van der Waals surface area (Å²) in [5, 5.41) is 1.12. The number of rotatable bonds is 1. The van der Waals surface area contributed by atoms with Gasteiger partial charge in [-0.05, 0) is 30.5 Å². The number of halogens is 2. The molecule has 4 nitrogen and oxygen atoms in total. The van der Waals surface area contributed by atoms with Crippen LogP contribution in [0.1, 0.15) is 38.0 Å². The number of benzene rings is 2. The fraction of sp³-hybridized carbons (Fsp3) is 0.0714. The summed E-state index contributed by atoms with van der Waals surface area (Å²) >= 11 is 4.24. The van der Waals surface area contributed by atoms with E-state index in [9.17, 15) is 14.4 Å². The molecule has 1 aliphatic heterocycles. The molecule has 0 unspecified atom stereocenters. The van der Waals surface area contributed by atoms with Crippen molar-refractivity contribution in [2.45, 2.75) is 6.92 Å². The van der Waals surface area contributed by atoms with E-state index in [1.807, 2.05) is 0 Å². The van der Waals surface area contributed by atoms with Gasteiger partial charge in [-0.2, -0.15) is 0 Å². The Morgan fingerprint density at radius 2 is 1.60 bits per heavy atom. The average molecular weight is 494 g/mol. The van der Waals surface area contributed by atoms with Crippen LogP contribution in [0, 0.1) is 0 Å². The minimum absolute atomic E-state index is 0.106. The predicted octanol–water partition coefficient (Wildman–Crippen LogP) is 4.12. The molecule has 0 spiro atoms. The summed E-state index contributed by atoms with van der Waals surface area (Å²) < 4.78 is 4.64. The second kappa shape index (κ2) is 6.17. The maximum absolute atomic E-state index is 11.6. The molecular weight excluding hydrogens is 486 g/mol. The van der Waals surface area contributed by atoms with Crippen molar-refractivity contribution in [1.82, 2.24) is 0 Å². The Balaban J connectivity index is 0.000000704. The smallest absolute Gasteiger partial charge is 0.346 e. The highest BCUT2D eigenvalue weighted by Gasteiger charge is 2.28. The Labute approximate surface area is 138 Å². The molecule has 1 heterocycles. The Morgan fingerprint density at radius 1 is 1.00 bits per heavy atom. The number of esters is 2. The van der Waals surface area contributed by atoms with Crippen LogP contribution in [0.5, 0.6) is 0 Å². The fourth-order valence-electron chi connectivity index (χ4n) is 2.25. The molecule has 3 rings (SSSR count). The molecule has 102 valence electrons. The van der Waals surface area contributed by atoms with Crippen LogP contribution in [0.15, 0.2) is 30.3 Å². The van der Waals surface area contributed by atoms with Crippen molar-refractivity contribution < 1.29 is 19.1 Å². The number of Topliss-reactive ketones (excluding diaryl/α,β-unsaturated/α-hetero) is 1. The number of cyclic esters (lactones) is 2. The zero-order valence-corrected chi connectivity index (χ0v) is 14.6. The van der Waals surface area contributed by atoms with Crippen molar-refractivity contribution >= 4 is 65.7 Å². The van der Waals surface area contributed by atoms with Gasteiger partial charge >= 0.3 is 11.9 Å². The third-order valence-electron chi connectivity index (χ3n) is 3.05. The summed E-state index contributed by atoms with van der Waals surface area (Å²) in [4.78, 5) is 34.8. The van der Waals surface area contributed by atoms with Crippen molar-refractivity contribution in [1.29, 1.82) is 0 Å². The van der Waals surface area contributed by atoms with Gasteiger partial charge in [0.25, 0.3) is 0 Å². The zero-order chi connectivity index (χ0) is 14.9. The van der Waals surface area contributed by atoms with E-state index < -0.39 is 11.9 Å². The SMILES string of the molecule is CC(=O)c1ccc2c3c(cccc13)C(=O)OC2=O.II. The Hall–Kier alpha value is -1.03. The van der Waals surface area contributed by atoms with Gasteiger partial charge in [-0.15, -0.1) is 0 Å². The first-order valence-corrected chi connectivity index (χ1v) is 11.9. The summed E-state index contributed by atoms with van der Waals surface area (Å²) in [6.07, 6.45) is 0. The molecule has 6 heteroatoms. The van der Waals surface area contributed by atoms with Crippen molar-refractivity contribution in [3.8, 4) is 0 Å². The molecule has 2 aromatic carbocycles. The van der Waals surface area contributed by atoms with Gasteiger partial charge in [0.05, 0.1) is 11.1 Å². The molecule has 2 aromatic rings. The van der Waals surface area contributed by atoms with E-state index in [-0.39, 0.29) is 5.78 Å². The summed E-state index contributed by atoms with van der Waals surface area (Å²) in [7, 11) is 0. The largest absolute Gasteiger partial charge is 0.386 e. The molecule has 1 aliphatic rings. The van der Waals surface area contributed by atoms with E-state index in [1.54, 1.807) is 24.3 Å². The second-order valence-electron chi connectivity index (χ2n) is 4.12. The van der Waals surface area contributed by atoms with Gasteiger partial charge in [0, 0.05) is 48.2 Å². The number of carbonyl (C=O) groups is 3. The molecule has 0 N–H and O–H groups in total. The highest BCUT2D eigenvalue weighted by molar-refractivity contribution is 15.0. The zero-order valence-electron chi connectivity index (χ0n) is 10.3. The molecule has 0 aromatic heterocycles. The highest BCUT2D eigenvalue weighted by Crippen LogP contribution is 2.31. The Bertz CT molecular complexity index is 717. The van der Waals surface area contributed by atoms with Gasteiger partial charge in [0.1, 0.15) is 0 Å². The molecule has 0 saturated heterocycles. The number of hydrogen-bond donors (Lipinski definition) is 0. The molecule has 0 aliphatic carbocycles. The lowest BCUT2D eigenvalue weighted by Gasteiger charge is -2.16. The molecule has 0 bridgehead atoms. The molecule has 20 heavy (non-hydrogen) atoms. The van der Waals surface area contributed by atoms with E-state index in [1.165, 1.54) is 13.0 Å². The normalized spacial score (nSPS) is 12.6. The third-order valence-corrected chi connectivity index (χ3v) is 3.05. The number of hydrogen-bond acceptors (Lipinski definition) is 4. The van der Waals surface area contributed by atoms with Gasteiger partial charge in [-0.3, -0.25) is 4.79 Å². The maximum atomic E-state index is 11.6. The predicted molar refractivity (Wildman–Crippen MR) is 91.7 cm³/mol. The van der Waals surface area contributed by atoms with Crippen LogP contribution in [0.25, 0.3) is 10.8 Å². The van der Waals surface area contributed by atoms with E-state index in [0.717, 1.165) is 0 Å². The van der Waals surface area contributed by atoms with Gasteiger partial charge in [0.2, 0.25) is 0 Å². The minimum Gasteiger partial charge on any atom is -0.386 e. The van der Waals surface area contributed by atoms with E-state index in [4.69, 9.17) is 0 Å². The van der Waals surface area contributed by atoms with Crippen LogP contribution in [-0.4, -0.2) is 17.7 Å². The van der Waals surface area contributed by atoms with Crippen LogP contribution < -0.4 is 0 Å². The first-order chi connectivity index (χ1) is 9.59. The average Bonchev–Trinajstić information content (AvgIpc) is 2.46. The topological polar surface area (TPSA) is 60.4 Å². The third kappa shape index (κ3) is 2.46. The lowest BCUT2D eigenvalue weighted by atomic mass is 9.93. The van der Waals surface area contributed by atoms with Crippen molar-refractivity contribution in [3.05, 3.63) is 47.0 Å². The van der Waals surface area contributed by atoms with Gasteiger partial charge in [-0.1, -0.05) is 12.1 Å². The monoisotopic (exact) mass is 494 g/mol. The number of ether oxygens (including phenoxy) is 1. The van der Waals surface area contributed by atoms with Gasteiger partial charge in [0.15, 0.2) is 5.78 Å². The molecule has 0 radical (unpaired) electrons. The van der Waals surface area contributed by atoms with Crippen molar-refractivity contribution in [3.63, 3.8) is 0 Å². The summed E-state index contributed by atoms with van der Waals surface area (Å²) in [5.41, 5.74) is 1.15. The van der Waals surface area contributed by atoms with E-state index in [0.29, 0.717) is 27.5 Å². The van der Waals surface area contributed by atoms with Crippen LogP contribution >= 0.6 is 37.2 Å². The summed E-state index contributed by atoms with van der Waals surface area (Å²) in [6.45, 7) is 1.45. The minimum atomic E-state index is -0.668. The maximum Gasteiger partial charge on any atom is 0.346 e. The van der Waals surface area contributed by atoms with Crippen LogP contribution in [0.4, 0.5) is 0 Å². The second-order valence-corrected chi connectivity index (χ2v) is 4.12. The van der Waals surface area contributed by atoms with Crippen molar-refractivity contribution in [2.75, 3.05) is 0 Å². The van der Waals surface area contributed by atoms with E-state index >= 15 is 0 Å². The van der Waals surface area contributed by atoms with Crippen LogP contribution in [0.2, 0.25) is 0 Å². The van der Waals surface area contributed by atoms with Gasteiger partial charge in [-0.25, -0.2) is 9.59 Å². The molecular formula is C14H8I2O4. The van der Waals surface area contributed by atoms with Crippen molar-refractivity contribution in [2.24, 2.45) is 0 Å². The summed E-state index contributed by atoms with van der Waals surface area (Å²) in [6, 6.07) is 8.10. The molecule has 0 saturated carbocycles. The molecule has 0 amide bonds. The first-order valence-electron chi connectivity index (χ1n) is 5.57. The Morgan fingerprint density at radius 3 is 2.20 bits per heavy atom. The number of ketones is 1. The van der Waals surface area contributed by atoms with Crippen LogP contribution in [0.3, 0.4) is 0 Å². The lowest BCUT2D eigenvalue weighted by Crippen LogP contribution is -2.20. The van der Waals surface area contributed by atoms with Crippen LogP contribution in [-0.2, 0) is 4.74 Å². The fourth-order valence-corrected chi connectivity index (χ4v) is 2.25. The first kappa shape index (κ1) is 15.4. The standard InChI is InChI=1S/C14H8O4.I2/c1-7(15)8-5-6-11-12-9(8)3-2-4-10(12)13(16)18-14(11)17;1-2/h2-6H,1H3;. The molecule has 0 fully saturated rings.